The molecule has 1 amide bonds. The SMILES string of the molecule is Cc1ccc(NC(=O)c2ccc(Cl)nc2C)cc1-c1ccccn1. The zero-order valence-electron chi connectivity index (χ0n) is 13.4. The van der Waals surface area contributed by atoms with E-state index in [1.165, 1.54) is 0 Å². The molecule has 120 valence electrons. The number of carbonyl (C=O) groups excluding carboxylic acids is 1. The van der Waals surface area contributed by atoms with Crippen LogP contribution in [0.25, 0.3) is 11.3 Å². The lowest BCUT2D eigenvalue weighted by Crippen LogP contribution is -2.14. The number of pyridine rings is 2. The molecule has 3 aromatic rings. The summed E-state index contributed by atoms with van der Waals surface area (Å²) in [6.45, 7) is 3.78. The second-order valence-corrected chi connectivity index (χ2v) is 5.85. The van der Waals surface area contributed by atoms with Crippen molar-refractivity contribution in [3.8, 4) is 11.3 Å². The van der Waals surface area contributed by atoms with Gasteiger partial charge in [0.2, 0.25) is 0 Å². The second-order valence-electron chi connectivity index (χ2n) is 5.47. The van der Waals surface area contributed by atoms with Crippen molar-refractivity contribution < 1.29 is 4.79 Å². The maximum absolute atomic E-state index is 12.5. The van der Waals surface area contributed by atoms with Crippen LogP contribution in [0.2, 0.25) is 5.15 Å². The Bertz CT molecular complexity index is 894. The first-order chi connectivity index (χ1) is 11.5. The fraction of sp³-hybridized carbons (Fsp3) is 0.105. The van der Waals surface area contributed by atoms with Gasteiger partial charge in [-0.05, 0) is 55.8 Å². The van der Waals surface area contributed by atoms with Gasteiger partial charge in [-0.1, -0.05) is 23.7 Å². The summed E-state index contributed by atoms with van der Waals surface area (Å²) in [4.78, 5) is 21.0. The summed E-state index contributed by atoms with van der Waals surface area (Å²) in [6, 6.07) is 14.8. The van der Waals surface area contributed by atoms with Crippen molar-refractivity contribution in [1.82, 2.24) is 9.97 Å². The molecule has 0 unspecified atom stereocenters. The van der Waals surface area contributed by atoms with Crippen molar-refractivity contribution in [2.75, 3.05) is 5.32 Å². The third-order valence-electron chi connectivity index (χ3n) is 3.73. The van der Waals surface area contributed by atoms with Crippen LogP contribution in [0.15, 0.2) is 54.7 Å². The number of nitrogens with zero attached hydrogens (tertiary/aromatic N) is 2. The van der Waals surface area contributed by atoms with E-state index in [1.54, 1.807) is 25.3 Å². The fourth-order valence-electron chi connectivity index (χ4n) is 2.47. The molecule has 0 saturated carbocycles. The number of aromatic nitrogens is 2. The van der Waals surface area contributed by atoms with Gasteiger partial charge in [0.1, 0.15) is 5.15 Å². The van der Waals surface area contributed by atoms with Gasteiger partial charge in [-0.3, -0.25) is 9.78 Å². The first kappa shape index (κ1) is 16.1. The van der Waals surface area contributed by atoms with Gasteiger partial charge in [-0.15, -0.1) is 0 Å². The molecule has 5 heteroatoms. The standard InChI is InChI=1S/C19H16ClN3O/c1-12-6-7-14(11-16(12)17-5-3-4-10-21-17)23-19(24)15-8-9-18(20)22-13(15)2/h3-11H,1-2H3,(H,23,24). The Morgan fingerprint density at radius 3 is 2.62 bits per heavy atom. The molecule has 0 aliphatic heterocycles. The summed E-state index contributed by atoms with van der Waals surface area (Å²) in [5, 5.41) is 3.28. The molecule has 0 bridgehead atoms. The first-order valence-corrected chi connectivity index (χ1v) is 7.89. The monoisotopic (exact) mass is 337 g/mol. The molecule has 0 atom stereocenters. The summed E-state index contributed by atoms with van der Waals surface area (Å²) in [5.74, 6) is -0.215. The van der Waals surface area contributed by atoms with Gasteiger partial charge >= 0.3 is 0 Å². The number of benzene rings is 1. The minimum atomic E-state index is -0.215. The molecule has 1 N–H and O–H groups in total. The average molecular weight is 338 g/mol. The molecule has 24 heavy (non-hydrogen) atoms. The highest BCUT2D eigenvalue weighted by molar-refractivity contribution is 6.29. The highest BCUT2D eigenvalue weighted by Crippen LogP contribution is 2.25. The summed E-state index contributed by atoms with van der Waals surface area (Å²) in [5.41, 5.74) is 4.75. The second kappa shape index (κ2) is 6.81. The lowest BCUT2D eigenvalue weighted by molar-refractivity contribution is 0.102. The van der Waals surface area contributed by atoms with Crippen LogP contribution in [0.5, 0.6) is 0 Å². The molecule has 0 fully saturated rings. The Morgan fingerprint density at radius 1 is 1.08 bits per heavy atom. The lowest BCUT2D eigenvalue weighted by Gasteiger charge is -2.11. The number of nitrogens with one attached hydrogen (secondary N) is 1. The van der Waals surface area contributed by atoms with E-state index in [9.17, 15) is 4.79 Å². The third-order valence-corrected chi connectivity index (χ3v) is 3.94. The van der Waals surface area contributed by atoms with E-state index in [2.05, 4.69) is 15.3 Å². The van der Waals surface area contributed by atoms with Crippen LogP contribution in [0.3, 0.4) is 0 Å². The minimum Gasteiger partial charge on any atom is -0.322 e. The zero-order valence-corrected chi connectivity index (χ0v) is 14.1. The van der Waals surface area contributed by atoms with Crippen LogP contribution >= 0.6 is 11.6 Å². The van der Waals surface area contributed by atoms with E-state index >= 15 is 0 Å². The molecular formula is C19H16ClN3O. The Hall–Kier alpha value is -2.72. The normalized spacial score (nSPS) is 10.5. The smallest absolute Gasteiger partial charge is 0.257 e. The van der Waals surface area contributed by atoms with Gasteiger partial charge < -0.3 is 5.32 Å². The largest absolute Gasteiger partial charge is 0.322 e. The lowest BCUT2D eigenvalue weighted by atomic mass is 10.0. The zero-order chi connectivity index (χ0) is 17.1. The number of hydrogen-bond donors (Lipinski definition) is 1. The molecule has 0 spiro atoms. The van der Waals surface area contributed by atoms with Gasteiger partial charge in [0, 0.05) is 17.4 Å². The Morgan fingerprint density at radius 2 is 1.92 bits per heavy atom. The van der Waals surface area contributed by atoms with E-state index in [1.807, 2.05) is 43.3 Å². The van der Waals surface area contributed by atoms with E-state index in [4.69, 9.17) is 11.6 Å². The molecule has 2 heterocycles. The van der Waals surface area contributed by atoms with Crippen LogP contribution in [-0.4, -0.2) is 15.9 Å². The summed E-state index contributed by atoms with van der Waals surface area (Å²) < 4.78 is 0. The van der Waals surface area contributed by atoms with E-state index < -0.39 is 0 Å². The van der Waals surface area contributed by atoms with Crippen molar-refractivity contribution in [3.63, 3.8) is 0 Å². The minimum absolute atomic E-state index is 0.215. The Balaban J connectivity index is 1.89. The highest BCUT2D eigenvalue weighted by Gasteiger charge is 2.12. The first-order valence-electron chi connectivity index (χ1n) is 7.51. The van der Waals surface area contributed by atoms with E-state index in [0.29, 0.717) is 22.1 Å². The van der Waals surface area contributed by atoms with Gasteiger partial charge in [-0.25, -0.2) is 4.98 Å². The van der Waals surface area contributed by atoms with Gasteiger partial charge in [0.05, 0.1) is 17.0 Å². The summed E-state index contributed by atoms with van der Waals surface area (Å²) >= 11 is 5.84. The molecule has 0 aliphatic rings. The van der Waals surface area contributed by atoms with Crippen LogP contribution in [0.4, 0.5) is 5.69 Å². The van der Waals surface area contributed by atoms with E-state index in [-0.39, 0.29) is 5.91 Å². The van der Waals surface area contributed by atoms with Crippen LogP contribution in [0.1, 0.15) is 21.6 Å². The number of anilines is 1. The van der Waals surface area contributed by atoms with Crippen molar-refractivity contribution in [3.05, 3.63) is 76.7 Å². The predicted octanol–water partition coefficient (Wildman–Crippen LogP) is 4.67. The maximum atomic E-state index is 12.5. The van der Waals surface area contributed by atoms with Crippen LogP contribution in [-0.2, 0) is 0 Å². The Labute approximate surface area is 145 Å². The van der Waals surface area contributed by atoms with Gasteiger partial charge in [-0.2, -0.15) is 0 Å². The molecule has 0 saturated heterocycles. The maximum Gasteiger partial charge on any atom is 0.257 e. The average Bonchev–Trinajstić information content (AvgIpc) is 2.57. The quantitative estimate of drug-likeness (QED) is 0.707. The Kier molecular flexibility index (Phi) is 4.58. The topological polar surface area (TPSA) is 54.9 Å². The molecule has 2 aromatic heterocycles. The predicted molar refractivity (Wildman–Crippen MR) is 96.3 cm³/mol. The number of halogens is 1. The third kappa shape index (κ3) is 3.44. The molecule has 0 radical (unpaired) electrons. The fourth-order valence-corrected chi connectivity index (χ4v) is 2.66. The molecule has 4 nitrogen and oxygen atoms in total. The van der Waals surface area contributed by atoms with E-state index in [0.717, 1.165) is 16.8 Å². The van der Waals surface area contributed by atoms with Crippen LogP contribution < -0.4 is 5.32 Å². The number of aryl methyl sites for hydroxylation is 2. The van der Waals surface area contributed by atoms with Crippen molar-refractivity contribution in [2.24, 2.45) is 0 Å². The molecule has 1 aromatic carbocycles. The van der Waals surface area contributed by atoms with Gasteiger partial charge in [0.25, 0.3) is 5.91 Å². The van der Waals surface area contributed by atoms with Crippen molar-refractivity contribution in [1.29, 1.82) is 0 Å². The summed E-state index contributed by atoms with van der Waals surface area (Å²) in [7, 11) is 0. The van der Waals surface area contributed by atoms with Crippen molar-refractivity contribution in [2.45, 2.75) is 13.8 Å². The van der Waals surface area contributed by atoms with Crippen LogP contribution in [0, 0.1) is 13.8 Å². The number of carbonyl (C=O) groups is 1. The summed E-state index contributed by atoms with van der Waals surface area (Å²) in [6.07, 6.45) is 1.75. The van der Waals surface area contributed by atoms with Crippen molar-refractivity contribution >= 4 is 23.2 Å². The molecular weight excluding hydrogens is 322 g/mol. The molecule has 3 rings (SSSR count). The number of hydrogen-bond acceptors (Lipinski definition) is 3. The van der Waals surface area contributed by atoms with Gasteiger partial charge in [0.15, 0.2) is 0 Å². The highest BCUT2D eigenvalue weighted by atomic mass is 35.5. The number of amides is 1. The molecule has 0 aliphatic carbocycles. The number of rotatable bonds is 3.